The number of nitrogens with two attached hydrogens (primary N) is 1. The standard InChI is InChI=1S/C24H26N4O2/c1-5-14(2)13-30-24(29)20-21-23(27-18-9-7-6-8-17(18)26-21)28(22(20)25)19-12-15(3)10-11-16(19)4/h6-12,14H,5,13,25H2,1-4H3. The van der Waals surface area contributed by atoms with Crippen LogP contribution in [-0.4, -0.2) is 27.1 Å². The summed E-state index contributed by atoms with van der Waals surface area (Å²) >= 11 is 0. The highest BCUT2D eigenvalue weighted by Gasteiger charge is 2.26. The van der Waals surface area contributed by atoms with Crippen LogP contribution < -0.4 is 5.73 Å². The third kappa shape index (κ3) is 3.38. The first-order valence-electron chi connectivity index (χ1n) is 10.2. The second-order valence-corrected chi connectivity index (χ2v) is 7.88. The molecule has 0 saturated heterocycles. The molecule has 2 heterocycles. The predicted octanol–water partition coefficient (Wildman–Crippen LogP) is 4.98. The lowest BCUT2D eigenvalue weighted by Gasteiger charge is -2.12. The number of benzene rings is 2. The third-order valence-corrected chi connectivity index (χ3v) is 5.50. The Morgan fingerprint density at radius 3 is 2.53 bits per heavy atom. The number of fused-ring (bicyclic) bond motifs is 2. The van der Waals surface area contributed by atoms with Crippen LogP contribution in [0.3, 0.4) is 0 Å². The first-order chi connectivity index (χ1) is 14.4. The van der Waals surface area contributed by atoms with Gasteiger partial charge < -0.3 is 10.5 Å². The second kappa shape index (κ2) is 7.78. The minimum absolute atomic E-state index is 0.271. The molecule has 0 aliphatic rings. The molecule has 0 aliphatic heterocycles. The molecule has 2 N–H and O–H groups in total. The van der Waals surface area contributed by atoms with E-state index >= 15 is 0 Å². The fourth-order valence-corrected chi connectivity index (χ4v) is 3.47. The average Bonchev–Trinajstić information content (AvgIpc) is 3.02. The van der Waals surface area contributed by atoms with Gasteiger partial charge in [-0.2, -0.15) is 0 Å². The van der Waals surface area contributed by atoms with E-state index < -0.39 is 5.97 Å². The Hall–Kier alpha value is -3.41. The van der Waals surface area contributed by atoms with Crippen molar-refractivity contribution in [2.75, 3.05) is 12.3 Å². The lowest BCUT2D eigenvalue weighted by Crippen LogP contribution is -2.13. The van der Waals surface area contributed by atoms with E-state index in [4.69, 9.17) is 20.4 Å². The van der Waals surface area contributed by atoms with Gasteiger partial charge in [0.1, 0.15) is 16.9 Å². The van der Waals surface area contributed by atoms with Gasteiger partial charge in [-0.25, -0.2) is 14.8 Å². The molecule has 0 aliphatic carbocycles. The van der Waals surface area contributed by atoms with Gasteiger partial charge in [-0.15, -0.1) is 0 Å². The summed E-state index contributed by atoms with van der Waals surface area (Å²) in [5.41, 5.74) is 12.3. The van der Waals surface area contributed by atoms with Gasteiger partial charge in [-0.05, 0) is 49.1 Å². The number of nitrogens with zero attached hydrogens (tertiary/aromatic N) is 3. The summed E-state index contributed by atoms with van der Waals surface area (Å²) in [7, 11) is 0. The maximum Gasteiger partial charge on any atom is 0.344 e. The molecule has 0 radical (unpaired) electrons. The minimum atomic E-state index is -0.466. The topological polar surface area (TPSA) is 83.0 Å². The third-order valence-electron chi connectivity index (χ3n) is 5.50. The van der Waals surface area contributed by atoms with Crippen molar-refractivity contribution in [3.05, 3.63) is 59.2 Å². The molecule has 0 fully saturated rings. The van der Waals surface area contributed by atoms with E-state index in [1.165, 1.54) is 0 Å². The van der Waals surface area contributed by atoms with E-state index in [0.717, 1.165) is 28.8 Å². The molecule has 154 valence electrons. The van der Waals surface area contributed by atoms with Gasteiger partial charge in [0.2, 0.25) is 0 Å². The summed E-state index contributed by atoms with van der Waals surface area (Å²) in [6.45, 7) is 8.48. The van der Waals surface area contributed by atoms with Crippen molar-refractivity contribution in [2.45, 2.75) is 34.1 Å². The minimum Gasteiger partial charge on any atom is -0.462 e. The molecule has 4 aromatic rings. The Morgan fingerprint density at radius 1 is 1.13 bits per heavy atom. The first-order valence-corrected chi connectivity index (χ1v) is 10.2. The number of aromatic nitrogens is 3. The van der Waals surface area contributed by atoms with E-state index in [1.807, 2.05) is 67.8 Å². The molecular formula is C24H26N4O2. The number of aryl methyl sites for hydroxylation is 2. The summed E-state index contributed by atoms with van der Waals surface area (Å²) in [4.78, 5) is 22.6. The summed E-state index contributed by atoms with van der Waals surface area (Å²) in [5, 5.41) is 0. The average molecular weight is 402 g/mol. The van der Waals surface area contributed by atoms with E-state index in [9.17, 15) is 4.79 Å². The van der Waals surface area contributed by atoms with Gasteiger partial charge in [0, 0.05) is 0 Å². The maximum atomic E-state index is 13.0. The number of carbonyl (C=O) groups excluding carboxylic acids is 1. The van der Waals surface area contributed by atoms with Gasteiger partial charge in [-0.1, -0.05) is 44.5 Å². The normalized spacial score (nSPS) is 12.4. The quantitative estimate of drug-likeness (QED) is 0.476. The summed E-state index contributed by atoms with van der Waals surface area (Å²) in [6, 6.07) is 13.7. The maximum absolute atomic E-state index is 13.0. The smallest absolute Gasteiger partial charge is 0.344 e. The van der Waals surface area contributed by atoms with Crippen molar-refractivity contribution in [2.24, 2.45) is 5.92 Å². The van der Waals surface area contributed by atoms with Crippen LogP contribution in [0.15, 0.2) is 42.5 Å². The number of hydrogen-bond acceptors (Lipinski definition) is 5. The number of hydrogen-bond donors (Lipinski definition) is 1. The van der Waals surface area contributed by atoms with Crippen LogP contribution in [0, 0.1) is 19.8 Å². The van der Waals surface area contributed by atoms with Crippen LogP contribution in [0.4, 0.5) is 5.82 Å². The van der Waals surface area contributed by atoms with Crippen molar-refractivity contribution in [3.8, 4) is 5.69 Å². The largest absolute Gasteiger partial charge is 0.462 e. The van der Waals surface area contributed by atoms with Crippen molar-refractivity contribution >= 4 is 34.0 Å². The summed E-state index contributed by atoms with van der Waals surface area (Å²) < 4.78 is 7.40. The van der Waals surface area contributed by atoms with E-state index in [0.29, 0.717) is 29.1 Å². The zero-order chi connectivity index (χ0) is 21.4. The molecule has 0 bridgehead atoms. The fraction of sp³-hybridized carbons (Fsp3) is 0.292. The van der Waals surface area contributed by atoms with Crippen molar-refractivity contribution < 1.29 is 9.53 Å². The number of ether oxygens (including phenoxy) is 1. The molecule has 0 spiro atoms. The molecule has 4 rings (SSSR count). The number of rotatable bonds is 5. The lowest BCUT2D eigenvalue weighted by atomic mass is 10.1. The molecular weight excluding hydrogens is 376 g/mol. The van der Waals surface area contributed by atoms with Crippen molar-refractivity contribution in [3.63, 3.8) is 0 Å². The van der Waals surface area contributed by atoms with Gasteiger partial charge >= 0.3 is 5.97 Å². The number of esters is 1. The van der Waals surface area contributed by atoms with Crippen LogP contribution in [0.1, 0.15) is 41.8 Å². The molecule has 6 nitrogen and oxygen atoms in total. The number of carbonyl (C=O) groups is 1. The van der Waals surface area contributed by atoms with Crippen LogP contribution in [0.5, 0.6) is 0 Å². The zero-order valence-corrected chi connectivity index (χ0v) is 17.8. The molecule has 2 aromatic heterocycles. The highest BCUT2D eigenvalue weighted by Crippen LogP contribution is 2.33. The highest BCUT2D eigenvalue weighted by atomic mass is 16.5. The summed E-state index contributed by atoms with van der Waals surface area (Å²) in [6.07, 6.45) is 0.928. The van der Waals surface area contributed by atoms with E-state index in [2.05, 4.69) is 6.92 Å². The fourth-order valence-electron chi connectivity index (χ4n) is 3.47. The van der Waals surface area contributed by atoms with Gasteiger partial charge in [0.05, 0.1) is 23.3 Å². The summed E-state index contributed by atoms with van der Waals surface area (Å²) in [5.74, 6) is 0.101. The number of anilines is 1. The number of para-hydroxylation sites is 2. The molecule has 6 heteroatoms. The monoisotopic (exact) mass is 402 g/mol. The molecule has 0 amide bonds. The van der Waals surface area contributed by atoms with E-state index in [1.54, 1.807) is 0 Å². The van der Waals surface area contributed by atoms with Crippen molar-refractivity contribution in [1.82, 2.24) is 14.5 Å². The molecule has 2 aromatic carbocycles. The van der Waals surface area contributed by atoms with E-state index in [-0.39, 0.29) is 11.5 Å². The van der Waals surface area contributed by atoms with Crippen LogP contribution in [0.2, 0.25) is 0 Å². The zero-order valence-electron chi connectivity index (χ0n) is 17.8. The Kier molecular flexibility index (Phi) is 5.16. The Bertz CT molecular complexity index is 1260. The SMILES string of the molecule is CCC(C)COC(=O)c1c(N)n(-c2cc(C)ccc2C)c2nc3ccccc3nc12. The second-order valence-electron chi connectivity index (χ2n) is 7.88. The highest BCUT2D eigenvalue weighted by molar-refractivity contribution is 6.09. The van der Waals surface area contributed by atoms with Crippen LogP contribution in [0.25, 0.3) is 27.9 Å². The molecule has 30 heavy (non-hydrogen) atoms. The van der Waals surface area contributed by atoms with Crippen LogP contribution in [-0.2, 0) is 4.74 Å². The number of nitrogen functional groups attached to an aromatic ring is 1. The Balaban J connectivity index is 1.99. The van der Waals surface area contributed by atoms with Crippen molar-refractivity contribution in [1.29, 1.82) is 0 Å². The Labute approximate surface area is 175 Å². The molecule has 1 unspecified atom stereocenters. The lowest BCUT2D eigenvalue weighted by molar-refractivity contribution is 0.0450. The first kappa shape index (κ1) is 19.9. The predicted molar refractivity (Wildman–Crippen MR) is 120 cm³/mol. The molecule has 1 atom stereocenters. The van der Waals surface area contributed by atoms with Gasteiger partial charge in [0.25, 0.3) is 0 Å². The molecule has 0 saturated carbocycles. The van der Waals surface area contributed by atoms with Gasteiger partial charge in [-0.3, -0.25) is 4.57 Å². The van der Waals surface area contributed by atoms with Crippen LogP contribution >= 0.6 is 0 Å². The van der Waals surface area contributed by atoms with Gasteiger partial charge in [0.15, 0.2) is 5.65 Å². The Morgan fingerprint density at radius 2 is 1.83 bits per heavy atom.